The van der Waals surface area contributed by atoms with Crippen molar-refractivity contribution in [2.45, 2.75) is 59.3 Å². The van der Waals surface area contributed by atoms with Gasteiger partial charge in [0.05, 0.1) is 5.57 Å². The zero-order chi connectivity index (χ0) is 16.6. The molecule has 0 aliphatic carbocycles. The molecule has 0 bridgehead atoms. The lowest BCUT2D eigenvalue weighted by atomic mass is 9.77. The van der Waals surface area contributed by atoms with Gasteiger partial charge in [-0.25, -0.2) is 4.79 Å². The van der Waals surface area contributed by atoms with Crippen LogP contribution in [0.5, 0.6) is 5.75 Å². The molecule has 0 saturated carbocycles. The predicted octanol–water partition coefficient (Wildman–Crippen LogP) is 4.48. The molecule has 0 spiro atoms. The first-order chi connectivity index (χ1) is 9.39. The van der Waals surface area contributed by atoms with Crippen molar-refractivity contribution in [3.63, 3.8) is 0 Å². The molecule has 0 aliphatic rings. The number of carboxylic acids is 1. The van der Waals surface area contributed by atoms with Crippen molar-refractivity contribution >= 4 is 11.5 Å². The number of carboxylic acid groups (broad SMARTS) is 1. The number of aliphatic carboxylic acids is 1. The van der Waals surface area contributed by atoms with Gasteiger partial charge in [-0.1, -0.05) is 47.6 Å². The second-order valence-corrected chi connectivity index (χ2v) is 7.43. The highest BCUT2D eigenvalue weighted by molar-refractivity contribution is 6.15. The molecule has 1 rings (SSSR count). The van der Waals surface area contributed by atoms with Crippen LogP contribution in [-0.4, -0.2) is 16.2 Å². The van der Waals surface area contributed by atoms with E-state index in [0.29, 0.717) is 5.56 Å². The van der Waals surface area contributed by atoms with Gasteiger partial charge in [-0.3, -0.25) is 0 Å². The summed E-state index contributed by atoms with van der Waals surface area (Å²) in [6, 6.07) is 3.57. The smallest absolute Gasteiger partial charge is 0.335 e. The summed E-state index contributed by atoms with van der Waals surface area (Å²) in [5.41, 5.74) is 1.90. The normalized spacial score (nSPS) is 13.4. The van der Waals surface area contributed by atoms with E-state index >= 15 is 0 Å². The Hall–Kier alpha value is -1.77. The number of hydrogen-bond acceptors (Lipinski definition) is 2. The third-order valence-corrected chi connectivity index (χ3v) is 3.56. The molecule has 21 heavy (non-hydrogen) atoms. The molecule has 3 nitrogen and oxygen atoms in total. The molecule has 0 saturated heterocycles. The second-order valence-electron chi connectivity index (χ2n) is 7.43. The zero-order valence-corrected chi connectivity index (χ0v) is 14.0. The molecule has 0 heterocycles. The van der Waals surface area contributed by atoms with Gasteiger partial charge in [0.1, 0.15) is 5.75 Å². The summed E-state index contributed by atoms with van der Waals surface area (Å²) < 4.78 is 0. The molecular formula is C18H26O3. The van der Waals surface area contributed by atoms with Crippen molar-refractivity contribution in [2.24, 2.45) is 0 Å². The first kappa shape index (κ1) is 17.3. The Morgan fingerprint density at radius 3 is 1.62 bits per heavy atom. The standard InChI is InChI=1S/C18H26O3/c1-8-12(16(20)21)11-9-13(17(2,3)4)15(19)14(10-11)18(5,6)7/h8-10,19H,1-7H3,(H,20,21). The van der Waals surface area contributed by atoms with E-state index in [1.165, 1.54) is 0 Å². The Morgan fingerprint density at radius 1 is 1.00 bits per heavy atom. The molecule has 0 amide bonds. The molecule has 0 aromatic heterocycles. The van der Waals surface area contributed by atoms with E-state index in [1.807, 2.05) is 41.5 Å². The molecule has 0 unspecified atom stereocenters. The predicted molar refractivity (Wildman–Crippen MR) is 86.8 cm³/mol. The highest BCUT2D eigenvalue weighted by Crippen LogP contribution is 2.40. The molecule has 0 atom stereocenters. The third-order valence-electron chi connectivity index (χ3n) is 3.56. The van der Waals surface area contributed by atoms with E-state index in [0.717, 1.165) is 11.1 Å². The summed E-state index contributed by atoms with van der Waals surface area (Å²) in [4.78, 5) is 11.4. The van der Waals surface area contributed by atoms with E-state index in [2.05, 4.69) is 0 Å². The van der Waals surface area contributed by atoms with Crippen LogP contribution in [0.15, 0.2) is 18.2 Å². The lowest BCUT2D eigenvalue weighted by Crippen LogP contribution is -2.18. The van der Waals surface area contributed by atoms with E-state index in [1.54, 1.807) is 25.1 Å². The molecule has 0 aliphatic heterocycles. The fourth-order valence-corrected chi connectivity index (χ4v) is 2.35. The van der Waals surface area contributed by atoms with Crippen LogP contribution in [0.4, 0.5) is 0 Å². The van der Waals surface area contributed by atoms with Crippen LogP contribution >= 0.6 is 0 Å². The van der Waals surface area contributed by atoms with Crippen molar-refractivity contribution in [2.75, 3.05) is 0 Å². The number of carbonyl (C=O) groups is 1. The average Bonchev–Trinajstić information content (AvgIpc) is 2.28. The number of hydrogen-bond donors (Lipinski definition) is 2. The Labute approximate surface area is 127 Å². The molecule has 116 valence electrons. The maximum atomic E-state index is 11.4. The van der Waals surface area contributed by atoms with Gasteiger partial charge >= 0.3 is 5.97 Å². The fourth-order valence-electron chi connectivity index (χ4n) is 2.35. The van der Waals surface area contributed by atoms with Gasteiger partial charge in [-0.05, 0) is 35.4 Å². The summed E-state index contributed by atoms with van der Waals surface area (Å²) in [5.74, 6) is -0.692. The highest BCUT2D eigenvalue weighted by Gasteiger charge is 2.27. The van der Waals surface area contributed by atoms with Crippen molar-refractivity contribution in [1.29, 1.82) is 0 Å². The van der Waals surface area contributed by atoms with Crippen molar-refractivity contribution in [3.05, 3.63) is 34.9 Å². The van der Waals surface area contributed by atoms with Crippen LogP contribution in [0.25, 0.3) is 5.57 Å². The van der Waals surface area contributed by atoms with Crippen LogP contribution in [0.2, 0.25) is 0 Å². The molecular weight excluding hydrogens is 264 g/mol. The molecule has 1 aromatic carbocycles. The van der Waals surface area contributed by atoms with Crippen LogP contribution in [0.1, 0.15) is 65.2 Å². The third kappa shape index (κ3) is 3.66. The Balaban J connectivity index is 3.75. The topological polar surface area (TPSA) is 57.5 Å². The van der Waals surface area contributed by atoms with Crippen LogP contribution in [-0.2, 0) is 15.6 Å². The lowest BCUT2D eigenvalue weighted by molar-refractivity contribution is -0.130. The Morgan fingerprint density at radius 2 is 1.38 bits per heavy atom. The van der Waals surface area contributed by atoms with E-state index in [9.17, 15) is 15.0 Å². The summed E-state index contributed by atoms with van der Waals surface area (Å²) in [7, 11) is 0. The number of rotatable bonds is 2. The average molecular weight is 290 g/mol. The largest absolute Gasteiger partial charge is 0.507 e. The van der Waals surface area contributed by atoms with Gasteiger partial charge in [0, 0.05) is 11.1 Å². The maximum Gasteiger partial charge on any atom is 0.335 e. The summed E-state index contributed by atoms with van der Waals surface area (Å²) in [6.07, 6.45) is 1.59. The first-order valence-electron chi connectivity index (χ1n) is 7.17. The minimum absolute atomic E-state index is 0.256. The van der Waals surface area contributed by atoms with Gasteiger partial charge in [-0.15, -0.1) is 0 Å². The van der Waals surface area contributed by atoms with Gasteiger partial charge in [-0.2, -0.15) is 0 Å². The molecule has 2 N–H and O–H groups in total. The monoisotopic (exact) mass is 290 g/mol. The van der Waals surface area contributed by atoms with Gasteiger partial charge in [0.2, 0.25) is 0 Å². The van der Waals surface area contributed by atoms with Crippen LogP contribution in [0.3, 0.4) is 0 Å². The summed E-state index contributed by atoms with van der Waals surface area (Å²) in [5, 5.41) is 20.0. The number of phenols is 1. The second kappa shape index (κ2) is 5.55. The summed E-state index contributed by atoms with van der Waals surface area (Å²) in [6.45, 7) is 13.8. The summed E-state index contributed by atoms with van der Waals surface area (Å²) >= 11 is 0. The van der Waals surface area contributed by atoms with E-state index < -0.39 is 5.97 Å². The maximum absolute atomic E-state index is 11.4. The van der Waals surface area contributed by atoms with Crippen molar-refractivity contribution in [1.82, 2.24) is 0 Å². The highest BCUT2D eigenvalue weighted by atomic mass is 16.4. The zero-order valence-electron chi connectivity index (χ0n) is 14.0. The van der Waals surface area contributed by atoms with E-state index in [-0.39, 0.29) is 22.2 Å². The van der Waals surface area contributed by atoms with Gasteiger partial charge in [0.25, 0.3) is 0 Å². The van der Waals surface area contributed by atoms with Crippen molar-refractivity contribution < 1.29 is 15.0 Å². The van der Waals surface area contributed by atoms with Gasteiger partial charge in [0.15, 0.2) is 0 Å². The Kier molecular flexibility index (Phi) is 4.57. The molecule has 0 radical (unpaired) electrons. The minimum Gasteiger partial charge on any atom is -0.507 e. The lowest BCUT2D eigenvalue weighted by Gasteiger charge is -2.28. The molecule has 0 fully saturated rings. The minimum atomic E-state index is -0.956. The van der Waals surface area contributed by atoms with Gasteiger partial charge < -0.3 is 10.2 Å². The number of aromatic hydroxyl groups is 1. The quantitative estimate of drug-likeness (QED) is 0.790. The number of allylic oxidation sites excluding steroid dienone is 1. The SMILES string of the molecule is CC=C(C(=O)O)c1cc(C(C)(C)C)c(O)c(C(C)(C)C)c1. The van der Waals surface area contributed by atoms with E-state index in [4.69, 9.17) is 0 Å². The fraction of sp³-hybridized carbons (Fsp3) is 0.500. The molecule has 3 heteroatoms. The van der Waals surface area contributed by atoms with Crippen LogP contribution < -0.4 is 0 Å². The number of phenolic OH excluding ortho intramolecular Hbond substituents is 1. The van der Waals surface area contributed by atoms with Crippen LogP contribution in [0, 0.1) is 0 Å². The first-order valence-corrected chi connectivity index (χ1v) is 7.17. The molecule has 1 aromatic rings. The number of benzene rings is 1. The van der Waals surface area contributed by atoms with Crippen molar-refractivity contribution in [3.8, 4) is 5.75 Å². The Bertz CT molecular complexity index is 546.